The minimum absolute atomic E-state index is 0.334. The molecule has 0 spiro atoms. The van der Waals surface area contributed by atoms with Crippen LogP contribution in [0.1, 0.15) is 17.2 Å². The van der Waals surface area contributed by atoms with Crippen molar-refractivity contribution in [3.05, 3.63) is 90.1 Å². The van der Waals surface area contributed by atoms with E-state index in [0.717, 1.165) is 33.1 Å². The summed E-state index contributed by atoms with van der Waals surface area (Å²) < 4.78 is 4.90. The molecule has 7 heteroatoms. The molecular weight excluding hydrogens is 392 g/mol. The number of carbonyl (C=O) groups is 1. The zero-order valence-corrected chi connectivity index (χ0v) is 16.3. The van der Waals surface area contributed by atoms with Crippen molar-refractivity contribution in [1.82, 2.24) is 15.0 Å². The summed E-state index contributed by atoms with van der Waals surface area (Å²) in [7, 11) is 0. The monoisotopic (exact) mass is 410 g/mol. The van der Waals surface area contributed by atoms with Gasteiger partial charge in [-0.15, -0.1) is 0 Å². The number of fused-ring (bicyclic) bond motifs is 2. The first-order chi connectivity index (χ1) is 15.1. The molecule has 1 atom stereocenters. The Morgan fingerprint density at radius 3 is 2.58 bits per heavy atom. The van der Waals surface area contributed by atoms with Crippen LogP contribution in [0.2, 0.25) is 0 Å². The molecule has 1 amide bonds. The highest BCUT2D eigenvalue weighted by Gasteiger charge is 2.13. The lowest BCUT2D eigenvalue weighted by Gasteiger charge is -2.12. The number of imidazole rings is 1. The van der Waals surface area contributed by atoms with Gasteiger partial charge in [0, 0.05) is 28.8 Å². The predicted octanol–water partition coefficient (Wildman–Crippen LogP) is 4.32. The molecule has 0 aliphatic heterocycles. The number of pyridine rings is 1. The summed E-state index contributed by atoms with van der Waals surface area (Å²) in [5.74, 6) is 1.00. The van der Waals surface area contributed by atoms with Crippen LogP contribution in [0.25, 0.3) is 33.3 Å². The lowest BCUT2D eigenvalue weighted by Crippen LogP contribution is -2.16. The van der Waals surface area contributed by atoms with Gasteiger partial charge in [0.2, 0.25) is 0 Å². The number of nitrogens with two attached hydrogens (primary N) is 1. The van der Waals surface area contributed by atoms with Crippen molar-refractivity contribution >= 4 is 28.0 Å². The number of aromatic amines is 1. The fourth-order valence-electron chi connectivity index (χ4n) is 3.56. The highest BCUT2D eigenvalue weighted by atomic mass is 16.5. The molecule has 1 unspecified atom stereocenters. The number of ether oxygens (including phenoxy) is 1. The van der Waals surface area contributed by atoms with Gasteiger partial charge in [-0.1, -0.05) is 42.5 Å². The fourth-order valence-corrected chi connectivity index (χ4v) is 3.56. The van der Waals surface area contributed by atoms with E-state index >= 15 is 0 Å². The van der Waals surface area contributed by atoms with Crippen molar-refractivity contribution in [1.29, 1.82) is 0 Å². The Morgan fingerprint density at radius 1 is 0.968 bits per heavy atom. The molecule has 152 valence electrons. The Hall–Kier alpha value is -4.23. The number of H-pyrrole nitrogens is 1. The number of hydrogen-bond acceptors (Lipinski definition) is 5. The average molecular weight is 410 g/mol. The van der Waals surface area contributed by atoms with Crippen molar-refractivity contribution in [3.8, 4) is 17.1 Å². The standard InChI is InChI=1S/C24H18N4O3/c25-24(30)31-18-9-10-20-21(12-18)28-23(27-20)15-7-5-14(6-8-15)22(29)17-11-16-3-1-2-4-19(16)26-13-17/h1-13,22,29H,(H2,25,30)(H,27,28). The average Bonchev–Trinajstić information content (AvgIpc) is 3.21. The molecule has 0 radical (unpaired) electrons. The first-order valence-corrected chi connectivity index (χ1v) is 9.67. The van der Waals surface area contributed by atoms with Gasteiger partial charge in [-0.25, -0.2) is 9.78 Å². The maximum Gasteiger partial charge on any atom is 0.409 e. The molecule has 4 N–H and O–H groups in total. The van der Waals surface area contributed by atoms with Crippen molar-refractivity contribution in [3.63, 3.8) is 0 Å². The number of hydrogen-bond donors (Lipinski definition) is 3. The molecule has 2 heterocycles. The van der Waals surface area contributed by atoms with Crippen LogP contribution in [0, 0.1) is 0 Å². The van der Waals surface area contributed by atoms with Crippen LogP contribution >= 0.6 is 0 Å². The van der Waals surface area contributed by atoms with Gasteiger partial charge in [-0.05, 0) is 29.8 Å². The number of para-hydroxylation sites is 1. The second kappa shape index (κ2) is 7.55. The van der Waals surface area contributed by atoms with Crippen LogP contribution in [0.4, 0.5) is 4.79 Å². The Kier molecular flexibility index (Phi) is 4.57. The molecule has 5 rings (SSSR count). The number of nitrogens with zero attached hydrogens (tertiary/aromatic N) is 2. The molecule has 0 aliphatic carbocycles. The number of nitrogens with one attached hydrogen (secondary N) is 1. The van der Waals surface area contributed by atoms with Gasteiger partial charge >= 0.3 is 6.09 Å². The molecule has 0 saturated heterocycles. The normalized spacial score (nSPS) is 12.2. The van der Waals surface area contributed by atoms with Crippen LogP contribution < -0.4 is 10.5 Å². The van der Waals surface area contributed by atoms with E-state index in [1.807, 2.05) is 54.6 Å². The first-order valence-electron chi connectivity index (χ1n) is 9.67. The van der Waals surface area contributed by atoms with Crippen LogP contribution in [0.3, 0.4) is 0 Å². The Bertz CT molecular complexity index is 1410. The number of amides is 1. The summed E-state index contributed by atoms with van der Waals surface area (Å²) in [6.07, 6.45) is 0.0486. The predicted molar refractivity (Wildman–Crippen MR) is 118 cm³/mol. The van der Waals surface area contributed by atoms with Crippen molar-refractivity contribution in [2.24, 2.45) is 5.73 Å². The summed E-state index contributed by atoms with van der Waals surface area (Å²) >= 11 is 0. The van der Waals surface area contributed by atoms with E-state index in [9.17, 15) is 9.90 Å². The number of aromatic nitrogens is 3. The lowest BCUT2D eigenvalue weighted by molar-refractivity contribution is 0.211. The molecule has 0 fully saturated rings. The van der Waals surface area contributed by atoms with Crippen molar-refractivity contribution in [2.45, 2.75) is 6.10 Å². The number of carbonyl (C=O) groups excluding carboxylic acids is 1. The smallest absolute Gasteiger partial charge is 0.409 e. The van der Waals surface area contributed by atoms with Gasteiger partial charge in [0.1, 0.15) is 17.7 Å². The Morgan fingerprint density at radius 2 is 1.77 bits per heavy atom. The van der Waals surface area contributed by atoms with E-state index < -0.39 is 12.2 Å². The van der Waals surface area contributed by atoms with E-state index in [1.165, 1.54) is 0 Å². The third kappa shape index (κ3) is 3.70. The van der Waals surface area contributed by atoms with Crippen molar-refractivity contribution < 1.29 is 14.6 Å². The molecular formula is C24H18N4O3. The summed E-state index contributed by atoms with van der Waals surface area (Å²) in [6.45, 7) is 0. The summed E-state index contributed by atoms with van der Waals surface area (Å²) in [5.41, 5.74) is 9.76. The zero-order chi connectivity index (χ0) is 21.4. The number of rotatable bonds is 4. The van der Waals surface area contributed by atoms with Gasteiger partial charge in [0.05, 0.1) is 16.6 Å². The van der Waals surface area contributed by atoms with Crippen LogP contribution in [-0.2, 0) is 0 Å². The van der Waals surface area contributed by atoms with Gasteiger partial charge in [-0.2, -0.15) is 0 Å². The van der Waals surface area contributed by atoms with E-state index in [4.69, 9.17) is 10.5 Å². The summed E-state index contributed by atoms with van der Waals surface area (Å²) in [6, 6.07) is 22.3. The lowest BCUT2D eigenvalue weighted by atomic mass is 10.0. The van der Waals surface area contributed by atoms with Crippen LogP contribution in [0.15, 0.2) is 79.0 Å². The number of aliphatic hydroxyl groups excluding tert-OH is 1. The molecule has 2 aromatic heterocycles. The first kappa shape index (κ1) is 18.8. The number of benzene rings is 3. The van der Waals surface area contributed by atoms with E-state index in [2.05, 4.69) is 15.0 Å². The van der Waals surface area contributed by atoms with E-state index in [-0.39, 0.29) is 0 Å². The van der Waals surface area contributed by atoms with Crippen LogP contribution in [0.5, 0.6) is 5.75 Å². The quantitative estimate of drug-likeness (QED) is 0.408. The van der Waals surface area contributed by atoms with Crippen LogP contribution in [-0.4, -0.2) is 26.2 Å². The van der Waals surface area contributed by atoms with Gasteiger partial charge < -0.3 is 20.6 Å². The molecule has 7 nitrogen and oxygen atoms in total. The minimum atomic E-state index is -0.870. The summed E-state index contributed by atoms with van der Waals surface area (Å²) in [5, 5.41) is 11.8. The molecule has 31 heavy (non-hydrogen) atoms. The Labute approximate surface area is 177 Å². The SMILES string of the molecule is NC(=O)Oc1ccc2[nH]c(-c3ccc(C(O)c4cnc5ccccc5c4)cc3)nc2c1. The maximum atomic E-state index is 10.9. The molecule has 5 aromatic rings. The van der Waals surface area contributed by atoms with Gasteiger partial charge in [0.15, 0.2) is 0 Å². The fraction of sp³-hybridized carbons (Fsp3) is 0.0417. The highest BCUT2D eigenvalue weighted by molar-refractivity contribution is 5.82. The zero-order valence-electron chi connectivity index (χ0n) is 16.3. The molecule has 3 aromatic carbocycles. The summed E-state index contributed by atoms with van der Waals surface area (Å²) in [4.78, 5) is 23.2. The van der Waals surface area contributed by atoms with E-state index in [1.54, 1.807) is 24.4 Å². The minimum Gasteiger partial charge on any atom is -0.410 e. The number of aliphatic hydroxyl groups is 1. The topological polar surface area (TPSA) is 114 Å². The second-order valence-electron chi connectivity index (χ2n) is 7.17. The largest absolute Gasteiger partial charge is 0.410 e. The second-order valence-corrected chi connectivity index (χ2v) is 7.17. The molecule has 0 saturated carbocycles. The Balaban J connectivity index is 1.41. The van der Waals surface area contributed by atoms with Gasteiger partial charge in [0.25, 0.3) is 0 Å². The maximum absolute atomic E-state index is 10.9. The number of primary amides is 1. The highest BCUT2D eigenvalue weighted by Crippen LogP contribution is 2.28. The third-order valence-corrected chi connectivity index (χ3v) is 5.10. The van der Waals surface area contributed by atoms with Gasteiger partial charge in [-0.3, -0.25) is 4.98 Å². The van der Waals surface area contributed by atoms with E-state index in [0.29, 0.717) is 17.1 Å². The molecule has 0 aliphatic rings. The molecule has 0 bridgehead atoms. The van der Waals surface area contributed by atoms with Crippen molar-refractivity contribution in [2.75, 3.05) is 0 Å². The third-order valence-electron chi connectivity index (χ3n) is 5.10.